The number of carbonyl (C=O) groups excluding carboxylic acids is 1. The maximum Gasteiger partial charge on any atom is 0.312 e. The van der Waals surface area contributed by atoms with Gasteiger partial charge in [0, 0.05) is 5.56 Å². The lowest BCUT2D eigenvalue weighted by Crippen LogP contribution is -2.50. The summed E-state index contributed by atoms with van der Waals surface area (Å²) in [5.41, 5.74) is 0.960. The van der Waals surface area contributed by atoms with E-state index in [1.54, 1.807) is 0 Å². The molecule has 4 bridgehead atoms. The molecule has 0 spiro atoms. The Balaban J connectivity index is 1.34. The average molecular weight is 370 g/mol. The predicted molar refractivity (Wildman–Crippen MR) is 112 cm³/mol. The van der Waals surface area contributed by atoms with Gasteiger partial charge >= 0.3 is 5.97 Å². The Bertz CT molecular complexity index is 991. The minimum Gasteiger partial charge on any atom is -0.460 e. The van der Waals surface area contributed by atoms with Crippen LogP contribution in [0.4, 0.5) is 0 Å². The van der Waals surface area contributed by atoms with Crippen molar-refractivity contribution in [1.29, 1.82) is 0 Å². The normalized spacial score (nSPS) is 30.8. The van der Waals surface area contributed by atoms with Crippen molar-refractivity contribution in [1.82, 2.24) is 0 Å². The smallest absolute Gasteiger partial charge is 0.312 e. The molecule has 2 heteroatoms. The minimum atomic E-state index is -0.185. The summed E-state index contributed by atoms with van der Waals surface area (Å²) < 4.78 is 6.09. The van der Waals surface area contributed by atoms with Crippen LogP contribution in [0, 0.1) is 23.2 Å². The summed E-state index contributed by atoms with van der Waals surface area (Å²) in [4.78, 5) is 13.3. The van der Waals surface area contributed by atoms with Crippen molar-refractivity contribution in [3.8, 4) is 0 Å². The van der Waals surface area contributed by atoms with Crippen LogP contribution in [-0.2, 0) is 16.1 Å². The summed E-state index contributed by atoms with van der Waals surface area (Å²) in [6, 6.07) is 19.1. The molecule has 4 fully saturated rings. The standard InChI is InChI=1S/C26H26O2/c27-25(26-13-17-9-18(14-26)11-19(10-17)15-26)28-16-24-22-7-3-1-5-20(22)12-21-6-2-4-8-23(21)24/h1-8,12,17-19H,9-11,13-16H2. The number of carbonyl (C=O) groups is 1. The fourth-order valence-corrected chi connectivity index (χ4v) is 6.91. The fraction of sp³-hybridized carbons (Fsp3) is 0.423. The van der Waals surface area contributed by atoms with Crippen LogP contribution in [-0.4, -0.2) is 5.97 Å². The molecule has 0 unspecified atom stereocenters. The fourth-order valence-electron chi connectivity index (χ4n) is 6.91. The molecule has 0 radical (unpaired) electrons. The van der Waals surface area contributed by atoms with Crippen molar-refractivity contribution >= 4 is 27.5 Å². The summed E-state index contributed by atoms with van der Waals surface area (Å²) in [7, 11) is 0. The number of ether oxygens (including phenoxy) is 1. The Hall–Kier alpha value is -2.35. The summed E-state index contributed by atoms with van der Waals surface area (Å²) in [6.45, 7) is 0.377. The second-order valence-electron chi connectivity index (χ2n) is 9.57. The maximum atomic E-state index is 13.3. The zero-order valence-corrected chi connectivity index (χ0v) is 16.2. The number of hydrogen-bond acceptors (Lipinski definition) is 2. The molecule has 0 aliphatic heterocycles. The summed E-state index contributed by atoms with van der Waals surface area (Å²) in [5, 5.41) is 4.81. The lowest BCUT2D eigenvalue weighted by molar-refractivity contribution is -0.172. The van der Waals surface area contributed by atoms with E-state index in [0.717, 1.165) is 42.6 Å². The van der Waals surface area contributed by atoms with Gasteiger partial charge in [-0.05, 0) is 83.9 Å². The van der Waals surface area contributed by atoms with Crippen LogP contribution in [0.5, 0.6) is 0 Å². The second-order valence-corrected chi connectivity index (χ2v) is 9.57. The monoisotopic (exact) mass is 370 g/mol. The van der Waals surface area contributed by atoms with Crippen LogP contribution in [0.1, 0.15) is 44.1 Å². The SMILES string of the molecule is O=C(OCc1c2ccccc2cc2ccccc12)C12CC3CC(CC(C3)C1)C2. The highest BCUT2D eigenvalue weighted by molar-refractivity contribution is 6.02. The minimum absolute atomic E-state index is 0.0728. The van der Waals surface area contributed by atoms with Crippen LogP contribution in [0.25, 0.3) is 21.5 Å². The lowest BCUT2D eigenvalue weighted by Gasteiger charge is -2.55. The molecule has 0 saturated heterocycles. The van der Waals surface area contributed by atoms with Crippen LogP contribution in [0.3, 0.4) is 0 Å². The lowest BCUT2D eigenvalue weighted by atomic mass is 9.49. The quantitative estimate of drug-likeness (QED) is 0.402. The maximum absolute atomic E-state index is 13.3. The molecule has 4 aliphatic carbocycles. The number of fused-ring (bicyclic) bond motifs is 2. The first-order valence-corrected chi connectivity index (χ1v) is 10.8. The largest absolute Gasteiger partial charge is 0.460 e. The van der Waals surface area contributed by atoms with E-state index in [1.807, 2.05) is 0 Å². The first kappa shape index (κ1) is 16.6. The van der Waals surface area contributed by atoms with Crippen molar-refractivity contribution in [3.05, 3.63) is 60.2 Å². The van der Waals surface area contributed by atoms with Gasteiger partial charge in [0.1, 0.15) is 6.61 Å². The van der Waals surface area contributed by atoms with Gasteiger partial charge in [-0.3, -0.25) is 4.79 Å². The topological polar surface area (TPSA) is 26.3 Å². The van der Waals surface area contributed by atoms with Crippen LogP contribution in [0.15, 0.2) is 54.6 Å². The van der Waals surface area contributed by atoms with Crippen molar-refractivity contribution < 1.29 is 9.53 Å². The van der Waals surface area contributed by atoms with E-state index < -0.39 is 0 Å². The van der Waals surface area contributed by atoms with Crippen molar-refractivity contribution in [2.75, 3.05) is 0 Å². The second kappa shape index (κ2) is 6.07. The molecule has 142 valence electrons. The number of hydrogen-bond donors (Lipinski definition) is 0. The molecule has 0 heterocycles. The molecular formula is C26H26O2. The van der Waals surface area contributed by atoms with Gasteiger partial charge in [0.05, 0.1) is 5.41 Å². The van der Waals surface area contributed by atoms with Crippen molar-refractivity contribution in [3.63, 3.8) is 0 Å². The average Bonchev–Trinajstić information content (AvgIpc) is 2.70. The Morgan fingerprint density at radius 1 is 0.821 bits per heavy atom. The Labute approximate surface area is 165 Å². The van der Waals surface area contributed by atoms with E-state index in [0.29, 0.717) is 6.61 Å². The Morgan fingerprint density at radius 2 is 1.32 bits per heavy atom. The molecular weight excluding hydrogens is 344 g/mol. The van der Waals surface area contributed by atoms with E-state index in [9.17, 15) is 4.79 Å². The van der Waals surface area contributed by atoms with E-state index in [-0.39, 0.29) is 11.4 Å². The zero-order chi connectivity index (χ0) is 18.7. The highest BCUT2D eigenvalue weighted by atomic mass is 16.5. The predicted octanol–water partition coefficient (Wildman–Crippen LogP) is 6.25. The van der Waals surface area contributed by atoms with E-state index in [1.165, 1.54) is 40.8 Å². The molecule has 7 rings (SSSR count). The number of esters is 1. The van der Waals surface area contributed by atoms with Gasteiger partial charge in [0.15, 0.2) is 0 Å². The highest BCUT2D eigenvalue weighted by Crippen LogP contribution is 2.60. The van der Waals surface area contributed by atoms with Crippen molar-refractivity contribution in [2.45, 2.75) is 45.1 Å². The Morgan fingerprint density at radius 3 is 1.86 bits per heavy atom. The molecule has 4 saturated carbocycles. The third kappa shape index (κ3) is 2.50. The van der Waals surface area contributed by atoms with Crippen LogP contribution >= 0.6 is 0 Å². The summed E-state index contributed by atoms with van der Waals surface area (Å²) in [5.74, 6) is 2.36. The van der Waals surface area contributed by atoms with Crippen molar-refractivity contribution in [2.24, 2.45) is 23.2 Å². The molecule has 0 N–H and O–H groups in total. The first-order chi connectivity index (χ1) is 13.7. The summed E-state index contributed by atoms with van der Waals surface area (Å²) in [6.07, 6.45) is 7.23. The number of rotatable bonds is 3. The zero-order valence-electron chi connectivity index (χ0n) is 16.2. The molecule has 4 aliphatic rings. The van der Waals surface area contributed by atoms with Gasteiger partial charge in [-0.2, -0.15) is 0 Å². The molecule has 0 aromatic heterocycles. The van der Waals surface area contributed by atoms with Gasteiger partial charge in [0.25, 0.3) is 0 Å². The van der Waals surface area contributed by atoms with Gasteiger partial charge in [-0.25, -0.2) is 0 Å². The summed E-state index contributed by atoms with van der Waals surface area (Å²) >= 11 is 0. The van der Waals surface area contributed by atoms with E-state index in [4.69, 9.17) is 4.74 Å². The van der Waals surface area contributed by atoms with Crippen LogP contribution < -0.4 is 0 Å². The van der Waals surface area contributed by atoms with Gasteiger partial charge in [-0.1, -0.05) is 48.5 Å². The number of benzene rings is 3. The van der Waals surface area contributed by atoms with Gasteiger partial charge in [0.2, 0.25) is 0 Å². The Kier molecular flexibility index (Phi) is 3.60. The molecule has 3 aromatic rings. The van der Waals surface area contributed by atoms with Gasteiger partial charge in [-0.15, -0.1) is 0 Å². The van der Waals surface area contributed by atoms with Gasteiger partial charge < -0.3 is 4.74 Å². The third-order valence-corrected chi connectivity index (χ3v) is 7.70. The highest BCUT2D eigenvalue weighted by Gasteiger charge is 2.55. The molecule has 2 nitrogen and oxygen atoms in total. The molecule has 0 amide bonds. The third-order valence-electron chi connectivity index (χ3n) is 7.70. The van der Waals surface area contributed by atoms with Crippen LogP contribution in [0.2, 0.25) is 0 Å². The molecule has 28 heavy (non-hydrogen) atoms. The van der Waals surface area contributed by atoms with E-state index >= 15 is 0 Å². The van der Waals surface area contributed by atoms with E-state index in [2.05, 4.69) is 54.6 Å². The molecule has 3 aromatic carbocycles. The first-order valence-electron chi connectivity index (χ1n) is 10.8. The molecule has 0 atom stereocenters.